The number of β-amino-alcohol motifs (C(OH)–C–C–N with tert-alkyl or cyclic N) is 1. The van der Waals surface area contributed by atoms with E-state index in [4.69, 9.17) is 9.47 Å². The molecule has 12 heteroatoms. The first-order valence-corrected chi connectivity index (χ1v) is 13.3. The van der Waals surface area contributed by atoms with Gasteiger partial charge in [-0.1, -0.05) is 6.07 Å². The molecular formula is C28H34F2N4O6. The van der Waals surface area contributed by atoms with Crippen LogP contribution in [0.1, 0.15) is 51.4 Å². The fraction of sp³-hybridized carbons (Fsp3) is 0.536. The van der Waals surface area contributed by atoms with Crippen LogP contribution in [-0.2, 0) is 4.74 Å². The zero-order chi connectivity index (χ0) is 29.1. The third kappa shape index (κ3) is 4.89. The maximum absolute atomic E-state index is 16.2. The normalized spacial score (nSPS) is 22.4. The number of aliphatic hydroxyl groups excluding tert-OH is 1. The second-order valence-electron chi connectivity index (χ2n) is 12.1. The molecule has 2 N–H and O–H groups in total. The van der Waals surface area contributed by atoms with E-state index in [-0.39, 0.29) is 44.2 Å². The molecule has 2 saturated heterocycles. The van der Waals surface area contributed by atoms with E-state index < -0.39 is 69.7 Å². The number of aromatic hydroxyl groups is 1. The summed E-state index contributed by atoms with van der Waals surface area (Å²) in [6.45, 7) is 9.39. The molecule has 0 aliphatic carbocycles. The fourth-order valence-corrected chi connectivity index (χ4v) is 5.63. The number of anilines is 1. The van der Waals surface area contributed by atoms with Crippen molar-refractivity contribution in [2.75, 3.05) is 37.7 Å². The Morgan fingerprint density at radius 2 is 1.90 bits per heavy atom. The van der Waals surface area contributed by atoms with E-state index in [1.807, 2.05) is 13.8 Å². The number of pyridine rings is 1. The highest BCUT2D eigenvalue weighted by Gasteiger charge is 2.46. The molecule has 2 amide bonds. The summed E-state index contributed by atoms with van der Waals surface area (Å²) in [6.07, 6.45) is -0.914. The van der Waals surface area contributed by atoms with Gasteiger partial charge in [-0.2, -0.15) is 0 Å². The van der Waals surface area contributed by atoms with Crippen molar-refractivity contribution in [1.29, 1.82) is 0 Å². The van der Waals surface area contributed by atoms with Crippen molar-refractivity contribution >= 4 is 17.8 Å². The number of amides is 2. The third-order valence-electron chi connectivity index (χ3n) is 7.45. The van der Waals surface area contributed by atoms with Crippen LogP contribution in [0.15, 0.2) is 18.2 Å². The Labute approximate surface area is 231 Å². The molecular weight excluding hydrogens is 526 g/mol. The van der Waals surface area contributed by atoms with Crippen molar-refractivity contribution in [2.45, 2.75) is 64.3 Å². The van der Waals surface area contributed by atoms with Gasteiger partial charge in [-0.15, -0.1) is 0 Å². The van der Waals surface area contributed by atoms with E-state index >= 15 is 4.39 Å². The largest absolute Gasteiger partial charge is 0.507 e. The molecule has 0 spiro atoms. The summed E-state index contributed by atoms with van der Waals surface area (Å²) in [5.74, 6) is -3.45. The van der Waals surface area contributed by atoms with Crippen molar-refractivity contribution in [3.05, 3.63) is 35.4 Å². The molecule has 40 heavy (non-hydrogen) atoms. The summed E-state index contributed by atoms with van der Waals surface area (Å²) in [6, 6.07) is 2.95. The summed E-state index contributed by atoms with van der Waals surface area (Å²) in [5.41, 5.74) is -2.51. The Hall–Kier alpha value is -3.67. The van der Waals surface area contributed by atoms with Gasteiger partial charge in [-0.05, 0) is 53.2 Å². The van der Waals surface area contributed by atoms with Crippen LogP contribution in [0.2, 0.25) is 0 Å². The number of phenols is 1. The first-order valence-electron chi connectivity index (χ1n) is 13.3. The standard InChI is InChI=1S/C28H34F2N4O6/c1-27(2,3)40-26(38)32-9-10-33-15(12-32)14-39-23-20(25(33)37)24(34-13-16(35)11-28(34,4)5)31-22(21(23)30)19-17(29)7-6-8-18(19)36/h6-8,15-16,35-36H,9-14H2,1-5H3/t15-,16?/m1/s1. The third-order valence-corrected chi connectivity index (χ3v) is 7.45. The zero-order valence-corrected chi connectivity index (χ0v) is 23.2. The Morgan fingerprint density at radius 3 is 2.52 bits per heavy atom. The van der Waals surface area contributed by atoms with Gasteiger partial charge in [0.1, 0.15) is 40.8 Å². The minimum atomic E-state index is -1.09. The van der Waals surface area contributed by atoms with Crippen molar-refractivity contribution < 1.29 is 38.1 Å². The quantitative estimate of drug-likeness (QED) is 0.573. The molecule has 2 fully saturated rings. The molecule has 0 bridgehead atoms. The molecule has 5 rings (SSSR count). The lowest BCUT2D eigenvalue weighted by Gasteiger charge is -2.40. The average molecular weight is 561 g/mol. The number of rotatable bonds is 2. The number of halogens is 2. The summed E-state index contributed by atoms with van der Waals surface area (Å²) < 4.78 is 42.5. The average Bonchev–Trinajstić information content (AvgIpc) is 3.03. The highest BCUT2D eigenvalue weighted by Crippen LogP contribution is 2.45. The monoisotopic (exact) mass is 560 g/mol. The van der Waals surface area contributed by atoms with Crippen LogP contribution in [-0.4, -0.2) is 93.1 Å². The van der Waals surface area contributed by atoms with Gasteiger partial charge in [0, 0.05) is 31.7 Å². The van der Waals surface area contributed by atoms with Gasteiger partial charge in [0.05, 0.1) is 17.7 Å². The fourth-order valence-electron chi connectivity index (χ4n) is 5.63. The first kappa shape index (κ1) is 27.9. The van der Waals surface area contributed by atoms with Gasteiger partial charge in [0.25, 0.3) is 5.91 Å². The van der Waals surface area contributed by atoms with E-state index in [2.05, 4.69) is 4.98 Å². The van der Waals surface area contributed by atoms with Gasteiger partial charge in [-0.3, -0.25) is 4.79 Å². The molecule has 3 aliphatic rings. The van der Waals surface area contributed by atoms with Crippen molar-refractivity contribution in [3.8, 4) is 22.8 Å². The topological polar surface area (TPSA) is 116 Å². The number of nitrogens with zero attached hydrogens (tertiary/aromatic N) is 4. The van der Waals surface area contributed by atoms with Gasteiger partial charge in [0.2, 0.25) is 0 Å². The number of aromatic nitrogens is 1. The SMILES string of the molecule is CC(C)(C)OC(=O)N1CCN2C(=O)c3c(N4CC(O)CC4(C)C)nc(-c4c(O)cccc4F)c(F)c3OC[C@H]2C1. The molecule has 4 heterocycles. The number of carbonyl (C=O) groups is 2. The molecule has 3 aliphatic heterocycles. The van der Waals surface area contributed by atoms with Gasteiger partial charge in [-0.25, -0.2) is 18.6 Å². The predicted molar refractivity (Wildman–Crippen MR) is 141 cm³/mol. The summed E-state index contributed by atoms with van der Waals surface area (Å²) in [4.78, 5) is 35.9. The van der Waals surface area contributed by atoms with Gasteiger partial charge < -0.3 is 34.4 Å². The van der Waals surface area contributed by atoms with Crippen LogP contribution in [0.4, 0.5) is 19.4 Å². The molecule has 216 valence electrons. The smallest absolute Gasteiger partial charge is 0.410 e. The number of aliphatic hydroxyl groups is 1. The molecule has 10 nitrogen and oxygen atoms in total. The molecule has 0 saturated carbocycles. The van der Waals surface area contributed by atoms with Crippen molar-refractivity contribution in [3.63, 3.8) is 0 Å². The Bertz CT molecular complexity index is 1340. The highest BCUT2D eigenvalue weighted by atomic mass is 19.1. The number of piperazine rings is 1. The van der Waals surface area contributed by atoms with E-state index in [1.54, 1.807) is 25.7 Å². The predicted octanol–water partition coefficient (Wildman–Crippen LogP) is 3.54. The minimum absolute atomic E-state index is 0.0239. The van der Waals surface area contributed by atoms with Gasteiger partial charge in [0.15, 0.2) is 11.6 Å². The zero-order valence-electron chi connectivity index (χ0n) is 23.2. The number of ether oxygens (including phenoxy) is 2. The lowest BCUT2D eigenvalue weighted by molar-refractivity contribution is 0.000864. The summed E-state index contributed by atoms with van der Waals surface area (Å²) in [7, 11) is 0. The molecule has 1 aromatic heterocycles. The van der Waals surface area contributed by atoms with Crippen LogP contribution < -0.4 is 9.64 Å². The second-order valence-corrected chi connectivity index (χ2v) is 12.1. The van der Waals surface area contributed by atoms with E-state index in [0.717, 1.165) is 6.07 Å². The Kier molecular flexibility index (Phi) is 6.80. The maximum Gasteiger partial charge on any atom is 0.410 e. The highest BCUT2D eigenvalue weighted by molar-refractivity contribution is 6.03. The van der Waals surface area contributed by atoms with Crippen LogP contribution in [0.25, 0.3) is 11.3 Å². The van der Waals surface area contributed by atoms with E-state index in [9.17, 15) is 24.2 Å². The van der Waals surface area contributed by atoms with Crippen LogP contribution in [0.5, 0.6) is 11.5 Å². The molecule has 1 aromatic carbocycles. The molecule has 2 atom stereocenters. The minimum Gasteiger partial charge on any atom is -0.507 e. The lowest BCUT2D eigenvalue weighted by atomic mass is 9.99. The number of phenolic OH excluding ortho intramolecular Hbond substituents is 1. The number of carbonyl (C=O) groups excluding carboxylic acids is 2. The van der Waals surface area contributed by atoms with Crippen LogP contribution >= 0.6 is 0 Å². The Morgan fingerprint density at radius 1 is 1.18 bits per heavy atom. The number of fused-ring (bicyclic) bond motifs is 2. The molecule has 2 aromatic rings. The number of hydrogen-bond donors (Lipinski definition) is 2. The van der Waals surface area contributed by atoms with E-state index in [0.29, 0.717) is 6.42 Å². The van der Waals surface area contributed by atoms with Crippen molar-refractivity contribution in [1.82, 2.24) is 14.8 Å². The van der Waals surface area contributed by atoms with Crippen molar-refractivity contribution in [2.24, 2.45) is 0 Å². The molecule has 0 radical (unpaired) electrons. The summed E-state index contributed by atoms with van der Waals surface area (Å²) in [5, 5.41) is 20.9. The van der Waals surface area contributed by atoms with Crippen LogP contribution in [0, 0.1) is 11.6 Å². The Balaban J connectivity index is 1.62. The second kappa shape index (κ2) is 9.76. The number of benzene rings is 1. The van der Waals surface area contributed by atoms with Crippen LogP contribution in [0.3, 0.4) is 0 Å². The number of hydrogen-bond acceptors (Lipinski definition) is 8. The molecule has 1 unspecified atom stereocenters. The summed E-state index contributed by atoms with van der Waals surface area (Å²) >= 11 is 0. The maximum atomic E-state index is 16.2. The van der Waals surface area contributed by atoms with E-state index in [1.165, 1.54) is 21.9 Å². The first-order chi connectivity index (χ1) is 18.7. The lowest BCUT2D eigenvalue weighted by Crippen LogP contribution is -2.58. The van der Waals surface area contributed by atoms with Gasteiger partial charge >= 0.3 is 6.09 Å².